The number of anilines is 1. The molecule has 6 heteroatoms. The molecule has 0 aliphatic heterocycles. The number of nitrogens with one attached hydrogen (secondary N) is 1. The van der Waals surface area contributed by atoms with E-state index in [9.17, 15) is 9.18 Å². The van der Waals surface area contributed by atoms with E-state index < -0.39 is 0 Å². The van der Waals surface area contributed by atoms with Crippen molar-refractivity contribution in [2.24, 2.45) is 0 Å². The van der Waals surface area contributed by atoms with Crippen LogP contribution in [0.2, 0.25) is 0 Å². The van der Waals surface area contributed by atoms with Gasteiger partial charge in [-0.2, -0.15) is 0 Å². The van der Waals surface area contributed by atoms with Gasteiger partial charge in [-0.15, -0.1) is 22.7 Å². The normalized spacial score (nSPS) is 10.7. The maximum atomic E-state index is 13.2. The van der Waals surface area contributed by atoms with Crippen LogP contribution in [0.1, 0.15) is 17.7 Å². The first-order chi connectivity index (χ1) is 11.2. The highest BCUT2D eigenvalue weighted by molar-refractivity contribution is 7.14. The third-order valence-electron chi connectivity index (χ3n) is 3.28. The second-order valence-corrected chi connectivity index (χ2v) is 6.92. The van der Waals surface area contributed by atoms with Crippen LogP contribution in [0, 0.1) is 5.82 Å². The number of hydrogen-bond donors (Lipinski definition) is 1. The minimum Gasteiger partial charge on any atom is -0.302 e. The van der Waals surface area contributed by atoms with E-state index in [1.54, 1.807) is 23.5 Å². The predicted molar refractivity (Wildman–Crippen MR) is 93.4 cm³/mol. The predicted octanol–water partition coefficient (Wildman–Crippen LogP) is 4.97. The average molecular weight is 346 g/mol. The Bertz CT molecular complexity index is 784. The van der Waals surface area contributed by atoms with Crippen LogP contribution in [0.5, 0.6) is 0 Å². The third-order valence-corrected chi connectivity index (χ3v) is 4.97. The number of carbonyl (C=O) groups is 1. The molecule has 0 bridgehead atoms. The summed E-state index contributed by atoms with van der Waals surface area (Å²) in [7, 11) is 0. The van der Waals surface area contributed by atoms with E-state index in [0.29, 0.717) is 22.8 Å². The summed E-state index contributed by atoms with van der Waals surface area (Å²) in [6, 6.07) is 10.4. The molecule has 0 aliphatic rings. The van der Waals surface area contributed by atoms with E-state index in [4.69, 9.17) is 0 Å². The lowest BCUT2D eigenvalue weighted by atomic mass is 10.2. The smallest absolute Gasteiger partial charge is 0.226 e. The number of thiazole rings is 1. The van der Waals surface area contributed by atoms with Gasteiger partial charge in [-0.25, -0.2) is 9.37 Å². The van der Waals surface area contributed by atoms with E-state index in [0.717, 1.165) is 12.8 Å². The first-order valence-corrected chi connectivity index (χ1v) is 9.00. The lowest BCUT2D eigenvalue weighted by molar-refractivity contribution is -0.116. The molecule has 0 spiro atoms. The molecule has 1 aromatic carbocycles. The molecule has 0 fully saturated rings. The highest BCUT2D eigenvalue weighted by Gasteiger charge is 2.08. The van der Waals surface area contributed by atoms with Gasteiger partial charge in [-0.3, -0.25) is 4.79 Å². The number of aromatic nitrogens is 1. The van der Waals surface area contributed by atoms with Gasteiger partial charge in [0.2, 0.25) is 5.91 Å². The molecule has 0 aliphatic carbocycles. The Balaban J connectivity index is 1.53. The van der Waals surface area contributed by atoms with Gasteiger partial charge in [0.15, 0.2) is 5.13 Å². The van der Waals surface area contributed by atoms with E-state index in [-0.39, 0.29) is 11.7 Å². The summed E-state index contributed by atoms with van der Waals surface area (Å²) >= 11 is 3.05. The van der Waals surface area contributed by atoms with E-state index in [1.165, 1.54) is 28.3 Å². The summed E-state index contributed by atoms with van der Waals surface area (Å²) in [6.45, 7) is 0. The van der Waals surface area contributed by atoms with Crippen LogP contribution in [-0.4, -0.2) is 10.9 Å². The quantitative estimate of drug-likeness (QED) is 0.684. The summed E-state index contributed by atoms with van der Waals surface area (Å²) in [5.74, 6) is -0.337. The maximum Gasteiger partial charge on any atom is 0.226 e. The van der Waals surface area contributed by atoms with Crippen LogP contribution in [-0.2, 0) is 11.2 Å². The lowest BCUT2D eigenvalue weighted by Gasteiger charge is -2.01. The summed E-state index contributed by atoms with van der Waals surface area (Å²) in [5.41, 5.74) is 1.38. The highest BCUT2D eigenvalue weighted by atomic mass is 32.1. The molecule has 23 heavy (non-hydrogen) atoms. The van der Waals surface area contributed by atoms with E-state index >= 15 is 0 Å². The van der Waals surface area contributed by atoms with Crippen molar-refractivity contribution in [1.82, 2.24) is 4.98 Å². The number of nitrogens with zero attached hydrogens (tertiary/aromatic N) is 1. The zero-order chi connectivity index (χ0) is 16.1. The Hall–Kier alpha value is -2.05. The molecule has 0 saturated carbocycles. The second-order valence-electron chi connectivity index (χ2n) is 5.03. The molecule has 1 amide bonds. The summed E-state index contributed by atoms with van der Waals surface area (Å²) in [6.07, 6.45) is 2.19. The standard InChI is InChI=1S/C17H15FN2OS2/c18-13-5-1-4-12(10-13)15-11-23-17(19-15)20-16(21)8-2-6-14-7-3-9-22-14/h1,3-5,7,9-11H,2,6,8H2,(H,19,20,21). The zero-order valence-corrected chi connectivity index (χ0v) is 13.9. The Labute approximate surface area is 141 Å². The van der Waals surface area contributed by atoms with Gasteiger partial charge in [0, 0.05) is 22.2 Å². The second kappa shape index (κ2) is 7.48. The molecular weight excluding hydrogens is 331 g/mol. The van der Waals surface area contributed by atoms with Gasteiger partial charge in [0.1, 0.15) is 5.82 Å². The van der Waals surface area contributed by atoms with E-state index in [1.807, 2.05) is 16.8 Å². The van der Waals surface area contributed by atoms with Gasteiger partial charge in [-0.05, 0) is 36.4 Å². The van der Waals surface area contributed by atoms with Crippen molar-refractivity contribution in [2.45, 2.75) is 19.3 Å². The third kappa shape index (κ3) is 4.46. The topological polar surface area (TPSA) is 42.0 Å². The lowest BCUT2D eigenvalue weighted by Crippen LogP contribution is -2.11. The summed E-state index contributed by atoms with van der Waals surface area (Å²) < 4.78 is 13.2. The van der Waals surface area contributed by atoms with Crippen molar-refractivity contribution in [3.63, 3.8) is 0 Å². The Morgan fingerprint density at radius 1 is 1.22 bits per heavy atom. The van der Waals surface area contributed by atoms with Crippen LogP contribution in [0.15, 0.2) is 47.2 Å². The molecule has 118 valence electrons. The number of thiophene rings is 1. The minimum atomic E-state index is -0.297. The fraction of sp³-hybridized carbons (Fsp3) is 0.176. The number of halogens is 1. The highest BCUT2D eigenvalue weighted by Crippen LogP contribution is 2.25. The number of rotatable bonds is 6. The molecule has 2 heterocycles. The number of aryl methyl sites for hydroxylation is 1. The number of hydrogen-bond acceptors (Lipinski definition) is 4. The monoisotopic (exact) mass is 346 g/mol. The van der Waals surface area contributed by atoms with Crippen molar-refractivity contribution in [1.29, 1.82) is 0 Å². The van der Waals surface area contributed by atoms with Gasteiger partial charge in [0.25, 0.3) is 0 Å². The molecule has 0 radical (unpaired) electrons. The summed E-state index contributed by atoms with van der Waals surface area (Å²) in [5, 5.41) is 7.21. The Morgan fingerprint density at radius 3 is 2.91 bits per heavy atom. The fourth-order valence-corrected chi connectivity index (χ4v) is 3.66. The number of carbonyl (C=O) groups excluding carboxylic acids is 1. The van der Waals surface area contributed by atoms with Gasteiger partial charge in [0.05, 0.1) is 5.69 Å². The maximum absolute atomic E-state index is 13.2. The van der Waals surface area contributed by atoms with Gasteiger partial charge < -0.3 is 5.32 Å². The minimum absolute atomic E-state index is 0.0401. The van der Waals surface area contributed by atoms with E-state index in [2.05, 4.69) is 16.4 Å². The zero-order valence-electron chi connectivity index (χ0n) is 12.3. The fourth-order valence-electron chi connectivity index (χ4n) is 2.17. The number of benzene rings is 1. The molecular formula is C17H15FN2OS2. The van der Waals surface area contributed by atoms with Gasteiger partial charge >= 0.3 is 0 Å². The molecule has 2 aromatic heterocycles. The summed E-state index contributed by atoms with van der Waals surface area (Å²) in [4.78, 5) is 17.6. The SMILES string of the molecule is O=C(CCCc1cccs1)Nc1nc(-c2cccc(F)c2)cs1. The Morgan fingerprint density at radius 2 is 2.13 bits per heavy atom. The molecule has 3 aromatic rings. The van der Waals surface area contributed by atoms with Crippen molar-refractivity contribution >= 4 is 33.7 Å². The van der Waals surface area contributed by atoms with Crippen LogP contribution in [0.3, 0.4) is 0 Å². The molecule has 3 nitrogen and oxygen atoms in total. The van der Waals surface area contributed by atoms with Crippen molar-refractivity contribution in [2.75, 3.05) is 5.32 Å². The average Bonchev–Trinajstić information content (AvgIpc) is 3.19. The largest absolute Gasteiger partial charge is 0.302 e. The first-order valence-electron chi connectivity index (χ1n) is 7.24. The van der Waals surface area contributed by atoms with Crippen molar-refractivity contribution in [3.8, 4) is 11.3 Å². The molecule has 0 atom stereocenters. The van der Waals surface area contributed by atoms with Gasteiger partial charge in [-0.1, -0.05) is 18.2 Å². The van der Waals surface area contributed by atoms with Crippen molar-refractivity contribution in [3.05, 3.63) is 57.9 Å². The number of amides is 1. The molecule has 1 N–H and O–H groups in total. The van der Waals surface area contributed by atoms with Crippen LogP contribution >= 0.6 is 22.7 Å². The Kier molecular flexibility index (Phi) is 5.15. The van der Waals surface area contributed by atoms with Crippen LogP contribution in [0.4, 0.5) is 9.52 Å². The van der Waals surface area contributed by atoms with Crippen molar-refractivity contribution < 1.29 is 9.18 Å². The molecule has 3 rings (SSSR count). The first kappa shape index (κ1) is 15.8. The molecule has 0 saturated heterocycles. The van der Waals surface area contributed by atoms with Crippen LogP contribution < -0.4 is 5.32 Å². The van der Waals surface area contributed by atoms with Crippen LogP contribution in [0.25, 0.3) is 11.3 Å². The molecule has 0 unspecified atom stereocenters.